The Kier molecular flexibility index (Phi) is 7.60. The summed E-state index contributed by atoms with van der Waals surface area (Å²) in [6, 6.07) is 5.69. The Morgan fingerprint density at radius 2 is 2.00 bits per heavy atom. The van der Waals surface area contributed by atoms with Gasteiger partial charge in [-0.15, -0.1) is 12.4 Å². The first-order valence-electron chi connectivity index (χ1n) is 6.97. The predicted octanol–water partition coefficient (Wildman–Crippen LogP) is 2.39. The Bertz CT molecular complexity index is 649. The van der Waals surface area contributed by atoms with Gasteiger partial charge < -0.3 is 15.4 Å². The van der Waals surface area contributed by atoms with Gasteiger partial charge in [0.05, 0.1) is 6.20 Å². The highest BCUT2D eigenvalue weighted by atomic mass is 35.5. The smallest absolute Gasteiger partial charge is 0.272 e. The van der Waals surface area contributed by atoms with Gasteiger partial charge in [-0.1, -0.05) is 0 Å². The van der Waals surface area contributed by atoms with Gasteiger partial charge in [-0.05, 0) is 31.3 Å². The average Bonchev–Trinajstić information content (AvgIpc) is 2.93. The number of nitrogens with zero attached hydrogens (tertiary/aromatic N) is 2. The van der Waals surface area contributed by atoms with Crippen molar-refractivity contribution in [2.75, 3.05) is 19.0 Å². The molecule has 2 N–H and O–H groups in total. The third-order valence-electron chi connectivity index (χ3n) is 3.11. The largest absolute Gasteiger partial charge is 0.488 e. The Morgan fingerprint density at radius 3 is 2.50 bits per heavy atom. The number of hydrogen-bond acceptors (Lipinski definition) is 4. The van der Waals surface area contributed by atoms with E-state index in [-0.39, 0.29) is 18.3 Å². The summed E-state index contributed by atoms with van der Waals surface area (Å²) in [6.45, 7) is -0.658. The lowest BCUT2D eigenvalue weighted by molar-refractivity contribution is -0.118. The summed E-state index contributed by atoms with van der Waals surface area (Å²) in [5, 5.41) is 9.71. The molecule has 1 heterocycles. The van der Waals surface area contributed by atoms with E-state index in [4.69, 9.17) is 4.74 Å². The van der Waals surface area contributed by atoms with Crippen molar-refractivity contribution in [3.63, 3.8) is 0 Å². The molecule has 1 aromatic carbocycles. The van der Waals surface area contributed by atoms with Crippen molar-refractivity contribution in [2.24, 2.45) is 7.05 Å². The molecular weight excluding hydrogens is 342 g/mol. The van der Waals surface area contributed by atoms with Gasteiger partial charge >= 0.3 is 0 Å². The molecule has 0 aliphatic rings. The number of halogens is 3. The van der Waals surface area contributed by atoms with Gasteiger partial charge in [0.25, 0.3) is 6.43 Å². The van der Waals surface area contributed by atoms with Crippen LogP contribution in [-0.2, 0) is 11.8 Å². The number of rotatable bonds is 7. The predicted molar refractivity (Wildman–Crippen MR) is 88.8 cm³/mol. The summed E-state index contributed by atoms with van der Waals surface area (Å²) in [7, 11) is 3.45. The second-order valence-corrected chi connectivity index (χ2v) is 4.88. The minimum absolute atomic E-state index is 0. The van der Waals surface area contributed by atoms with Crippen LogP contribution in [0.25, 0.3) is 0 Å². The quantitative estimate of drug-likeness (QED) is 0.795. The molecular formula is C15H19ClF2N4O2. The molecule has 1 aromatic heterocycles. The van der Waals surface area contributed by atoms with Gasteiger partial charge in [-0.2, -0.15) is 5.10 Å². The van der Waals surface area contributed by atoms with Crippen molar-refractivity contribution in [1.82, 2.24) is 15.1 Å². The maximum Gasteiger partial charge on any atom is 0.272 e. The molecule has 0 saturated heterocycles. The van der Waals surface area contributed by atoms with Crippen LogP contribution in [0.4, 0.5) is 14.5 Å². The van der Waals surface area contributed by atoms with E-state index in [1.807, 2.05) is 0 Å². The Hall–Kier alpha value is -2.19. The summed E-state index contributed by atoms with van der Waals surface area (Å²) in [5.74, 6) is 0.0717. The Labute approximate surface area is 144 Å². The fraction of sp³-hybridized carbons (Fsp3) is 0.333. The van der Waals surface area contributed by atoms with Crippen molar-refractivity contribution < 1.29 is 18.3 Å². The maximum atomic E-state index is 12.3. The minimum atomic E-state index is -2.52. The Morgan fingerprint density at radius 1 is 1.33 bits per heavy atom. The molecule has 1 atom stereocenters. The van der Waals surface area contributed by atoms with E-state index in [1.165, 1.54) is 12.1 Å². The van der Waals surface area contributed by atoms with Crippen LogP contribution < -0.4 is 15.4 Å². The summed E-state index contributed by atoms with van der Waals surface area (Å²) in [4.78, 5) is 12.3. The van der Waals surface area contributed by atoms with Crippen LogP contribution in [0.3, 0.4) is 0 Å². The van der Waals surface area contributed by atoms with E-state index < -0.39 is 19.1 Å². The van der Waals surface area contributed by atoms with Crippen molar-refractivity contribution in [3.8, 4) is 5.75 Å². The van der Waals surface area contributed by atoms with Crippen LogP contribution in [-0.4, -0.2) is 35.8 Å². The summed E-state index contributed by atoms with van der Waals surface area (Å²) in [5.41, 5.74) is 1.29. The normalized spacial score (nSPS) is 11.7. The van der Waals surface area contributed by atoms with Gasteiger partial charge in [0.2, 0.25) is 5.91 Å². The van der Waals surface area contributed by atoms with Crippen molar-refractivity contribution in [2.45, 2.75) is 12.5 Å². The number of carbonyl (C=O) groups excluding carboxylic acids is 1. The molecule has 24 heavy (non-hydrogen) atoms. The molecule has 0 bridgehead atoms. The topological polar surface area (TPSA) is 68.2 Å². The number of likely N-dealkylation sites (N-methyl/N-ethyl adjacent to an activating group) is 1. The third-order valence-corrected chi connectivity index (χ3v) is 3.11. The number of aryl methyl sites for hydroxylation is 1. The number of amides is 1. The molecule has 1 amide bonds. The van der Waals surface area contributed by atoms with E-state index in [1.54, 1.807) is 43.3 Å². The monoisotopic (exact) mass is 360 g/mol. The first-order chi connectivity index (χ1) is 11.0. The Balaban J connectivity index is 0.00000288. The zero-order chi connectivity index (χ0) is 16.8. The van der Waals surface area contributed by atoms with Gasteiger partial charge in [-0.25, -0.2) is 8.78 Å². The average molecular weight is 361 g/mol. The molecule has 0 aliphatic heterocycles. The highest BCUT2D eigenvalue weighted by Gasteiger charge is 2.20. The van der Waals surface area contributed by atoms with Crippen molar-refractivity contribution in [3.05, 3.63) is 42.2 Å². The molecule has 6 nitrogen and oxygen atoms in total. The molecule has 9 heteroatoms. The fourth-order valence-corrected chi connectivity index (χ4v) is 2.05. The number of benzene rings is 1. The molecule has 0 saturated carbocycles. The fourth-order valence-electron chi connectivity index (χ4n) is 2.05. The molecule has 0 aliphatic carbocycles. The zero-order valence-electron chi connectivity index (χ0n) is 13.2. The molecule has 2 rings (SSSR count). The number of aromatic nitrogens is 2. The van der Waals surface area contributed by atoms with E-state index >= 15 is 0 Å². The zero-order valence-corrected chi connectivity index (χ0v) is 14.0. The van der Waals surface area contributed by atoms with Crippen molar-refractivity contribution >= 4 is 24.0 Å². The maximum absolute atomic E-state index is 12.3. The molecule has 1 unspecified atom stereocenters. The van der Waals surface area contributed by atoms with Crippen LogP contribution >= 0.6 is 12.4 Å². The minimum Gasteiger partial charge on any atom is -0.488 e. The SMILES string of the molecule is CNC(C(=O)Nc1ccc(OCC(F)F)cc1)c1cnn(C)c1.Cl. The molecule has 0 fully saturated rings. The third kappa shape index (κ3) is 5.47. The van der Waals surface area contributed by atoms with Gasteiger partial charge in [0.1, 0.15) is 18.4 Å². The summed E-state index contributed by atoms with van der Waals surface area (Å²) >= 11 is 0. The van der Waals surface area contributed by atoms with Gasteiger partial charge in [0, 0.05) is 24.5 Å². The number of anilines is 1. The van der Waals surface area contributed by atoms with Crippen LogP contribution in [0.2, 0.25) is 0 Å². The van der Waals surface area contributed by atoms with Crippen molar-refractivity contribution in [1.29, 1.82) is 0 Å². The highest BCUT2D eigenvalue weighted by Crippen LogP contribution is 2.19. The standard InChI is InChI=1S/C15H18F2N4O2.ClH/c1-18-14(10-7-19-21(2)8-10)15(22)20-11-3-5-12(6-4-11)23-9-13(16)17;/h3-8,13-14,18H,9H2,1-2H3,(H,20,22);1H. The van der Waals surface area contributed by atoms with E-state index in [2.05, 4.69) is 15.7 Å². The van der Waals surface area contributed by atoms with Crippen LogP contribution in [0.5, 0.6) is 5.75 Å². The highest BCUT2D eigenvalue weighted by molar-refractivity contribution is 5.95. The first kappa shape index (κ1) is 19.9. The number of nitrogens with one attached hydrogen (secondary N) is 2. The second kappa shape index (κ2) is 9.19. The first-order valence-corrected chi connectivity index (χ1v) is 6.97. The molecule has 2 aromatic rings. The van der Waals surface area contributed by atoms with Crippen LogP contribution in [0, 0.1) is 0 Å². The summed E-state index contributed by atoms with van der Waals surface area (Å²) in [6.07, 6.45) is 0.842. The molecule has 0 radical (unpaired) electrons. The summed E-state index contributed by atoms with van der Waals surface area (Å²) < 4.78 is 30.6. The lowest BCUT2D eigenvalue weighted by Gasteiger charge is -2.15. The van der Waals surface area contributed by atoms with Crippen LogP contribution in [0.1, 0.15) is 11.6 Å². The molecule has 0 spiro atoms. The van der Waals surface area contributed by atoms with Crippen LogP contribution in [0.15, 0.2) is 36.7 Å². The van der Waals surface area contributed by atoms with Gasteiger partial charge in [-0.3, -0.25) is 9.48 Å². The van der Waals surface area contributed by atoms with Gasteiger partial charge in [0.15, 0.2) is 0 Å². The number of hydrogen-bond donors (Lipinski definition) is 2. The molecule has 132 valence electrons. The number of ether oxygens (including phenoxy) is 1. The lowest BCUT2D eigenvalue weighted by Crippen LogP contribution is -2.30. The lowest BCUT2D eigenvalue weighted by atomic mass is 10.1. The van der Waals surface area contributed by atoms with E-state index in [9.17, 15) is 13.6 Å². The number of carbonyl (C=O) groups is 1. The number of alkyl halides is 2. The van der Waals surface area contributed by atoms with E-state index in [0.29, 0.717) is 11.4 Å². The van der Waals surface area contributed by atoms with E-state index in [0.717, 1.165) is 5.56 Å². The second-order valence-electron chi connectivity index (χ2n) is 4.88.